The van der Waals surface area contributed by atoms with Crippen molar-refractivity contribution in [2.75, 3.05) is 0 Å². The summed E-state index contributed by atoms with van der Waals surface area (Å²) in [5.74, 6) is 8.38. The Kier molecular flexibility index (Phi) is 7.54. The minimum Gasteiger partial charge on any atom is -0.208 e. The third kappa shape index (κ3) is 5.56. The Balaban J connectivity index is 0.967. The number of aromatic nitrogens is 6. The highest BCUT2D eigenvalue weighted by Gasteiger charge is 2.67. The highest BCUT2D eigenvalue weighted by molar-refractivity contribution is 5.82. The average Bonchev–Trinajstić information content (AvgIpc) is 3.27. The summed E-state index contributed by atoms with van der Waals surface area (Å²) in [5, 5.41) is 0. The van der Waals surface area contributed by atoms with Gasteiger partial charge in [-0.1, -0.05) is 164 Å². The van der Waals surface area contributed by atoms with Gasteiger partial charge in [0, 0.05) is 33.4 Å². The molecule has 3 aliphatic carbocycles. The Morgan fingerprint density at radius 1 is 0.309 bits per heavy atom. The number of benzene rings is 6. The van der Waals surface area contributed by atoms with Gasteiger partial charge in [-0.05, 0) is 59.1 Å². The predicted octanol–water partition coefficient (Wildman–Crippen LogP) is 11.1. The molecule has 8 aromatic rings. The van der Waals surface area contributed by atoms with Crippen molar-refractivity contribution in [3.63, 3.8) is 0 Å². The van der Waals surface area contributed by atoms with E-state index < -0.39 is 0 Å². The number of rotatable bonds is 8. The first kappa shape index (κ1) is 31.8. The Morgan fingerprint density at radius 3 is 1.07 bits per heavy atom. The zero-order chi connectivity index (χ0) is 36.3. The quantitative estimate of drug-likeness (QED) is 0.156. The normalized spacial score (nSPS) is 20.4. The molecule has 6 heteroatoms. The largest absolute Gasteiger partial charge is 0.208 e. The molecule has 2 heterocycles. The summed E-state index contributed by atoms with van der Waals surface area (Å²) in [6.07, 6.45) is 2.85. The van der Waals surface area contributed by atoms with Crippen LogP contribution in [0, 0.1) is 23.7 Å². The first-order valence-electron chi connectivity index (χ1n) is 19.2. The molecule has 6 aromatic carbocycles. The van der Waals surface area contributed by atoms with E-state index in [0.29, 0.717) is 34.9 Å². The summed E-state index contributed by atoms with van der Waals surface area (Å²) in [5.41, 5.74) is 9.23. The lowest BCUT2D eigenvalue weighted by Crippen LogP contribution is -2.65. The summed E-state index contributed by atoms with van der Waals surface area (Å²) in [6, 6.07) is 56.1. The molecule has 3 fully saturated rings. The van der Waals surface area contributed by atoms with Crippen molar-refractivity contribution in [2.24, 2.45) is 23.7 Å². The van der Waals surface area contributed by atoms with Crippen molar-refractivity contribution >= 4 is 0 Å². The van der Waals surface area contributed by atoms with Crippen molar-refractivity contribution in [3.8, 4) is 79.5 Å². The van der Waals surface area contributed by atoms with E-state index in [1.54, 1.807) is 0 Å². The zero-order valence-corrected chi connectivity index (χ0v) is 30.1. The molecule has 3 saturated carbocycles. The second-order valence-electron chi connectivity index (χ2n) is 15.1. The second-order valence-corrected chi connectivity index (χ2v) is 15.1. The van der Waals surface area contributed by atoms with Gasteiger partial charge in [-0.2, -0.15) is 0 Å². The fourth-order valence-corrected chi connectivity index (χ4v) is 9.35. The first-order chi connectivity index (χ1) is 27.2. The highest BCUT2D eigenvalue weighted by atomic mass is 15.0. The van der Waals surface area contributed by atoms with Crippen molar-refractivity contribution in [1.29, 1.82) is 0 Å². The molecule has 0 radical (unpaired) electrons. The van der Waals surface area contributed by atoms with Gasteiger partial charge in [-0.25, -0.2) is 29.9 Å². The highest BCUT2D eigenvalue weighted by Crippen LogP contribution is 2.75. The average molecular weight is 709 g/mol. The van der Waals surface area contributed by atoms with Gasteiger partial charge < -0.3 is 0 Å². The summed E-state index contributed by atoms with van der Waals surface area (Å²) in [7, 11) is 0. The van der Waals surface area contributed by atoms with E-state index in [-0.39, 0.29) is 0 Å². The molecule has 2 unspecified atom stereocenters. The second kappa shape index (κ2) is 13.0. The molecule has 3 aliphatic rings. The standard InChI is InChI=1S/C49H36N6/c1-4-12-30(13-5-1)38-18-10-11-19-39(38)49-54-45(33-16-8-3-9-17-33)52-48(55-49)36-26-24-35(25-27-36)47-51-44(32-14-6-2-7-15-32)50-46(53-47)34-22-20-31(21-23-34)42-40-28-37-29-41(42)43(37)40/h1-27,37,40-43H,28-29H2. The van der Waals surface area contributed by atoms with Crippen LogP contribution in [0.1, 0.15) is 24.3 Å². The van der Waals surface area contributed by atoms with E-state index in [1.807, 2.05) is 97.1 Å². The molecule has 2 atom stereocenters. The maximum atomic E-state index is 5.08. The Morgan fingerprint density at radius 2 is 0.655 bits per heavy atom. The maximum absolute atomic E-state index is 5.08. The summed E-state index contributed by atoms with van der Waals surface area (Å²) >= 11 is 0. The summed E-state index contributed by atoms with van der Waals surface area (Å²) in [4.78, 5) is 30.1. The third-order valence-electron chi connectivity index (χ3n) is 12.1. The number of nitrogens with zero attached hydrogens (tertiary/aromatic N) is 6. The van der Waals surface area contributed by atoms with Gasteiger partial charge in [0.15, 0.2) is 34.9 Å². The Labute approximate surface area is 320 Å². The van der Waals surface area contributed by atoms with Crippen LogP contribution in [0.3, 0.4) is 0 Å². The molecular formula is C49H36N6. The fourth-order valence-electron chi connectivity index (χ4n) is 9.35. The van der Waals surface area contributed by atoms with Crippen LogP contribution in [0.2, 0.25) is 0 Å². The van der Waals surface area contributed by atoms with Gasteiger partial charge in [-0.15, -0.1) is 0 Å². The van der Waals surface area contributed by atoms with Gasteiger partial charge >= 0.3 is 0 Å². The van der Waals surface area contributed by atoms with E-state index in [2.05, 4.69) is 66.7 Å². The molecule has 6 nitrogen and oxygen atoms in total. The molecule has 0 saturated heterocycles. The van der Waals surface area contributed by atoms with Crippen LogP contribution in [0.4, 0.5) is 0 Å². The minimum atomic E-state index is 0.594. The number of hydrogen-bond acceptors (Lipinski definition) is 6. The van der Waals surface area contributed by atoms with Crippen LogP contribution >= 0.6 is 0 Å². The molecule has 0 aliphatic heterocycles. The molecule has 55 heavy (non-hydrogen) atoms. The predicted molar refractivity (Wildman–Crippen MR) is 217 cm³/mol. The van der Waals surface area contributed by atoms with Crippen LogP contribution in [-0.4, -0.2) is 29.9 Å². The van der Waals surface area contributed by atoms with Gasteiger partial charge in [0.2, 0.25) is 0 Å². The van der Waals surface area contributed by atoms with Crippen LogP contribution in [0.25, 0.3) is 79.5 Å². The van der Waals surface area contributed by atoms with Gasteiger partial charge in [-0.3, -0.25) is 0 Å². The van der Waals surface area contributed by atoms with Crippen LogP contribution < -0.4 is 0 Å². The molecule has 11 rings (SSSR count). The van der Waals surface area contributed by atoms with E-state index in [1.165, 1.54) is 18.4 Å². The molecule has 0 N–H and O–H groups in total. The van der Waals surface area contributed by atoms with Crippen molar-refractivity contribution < 1.29 is 0 Å². The van der Waals surface area contributed by atoms with Crippen molar-refractivity contribution in [2.45, 2.75) is 18.8 Å². The van der Waals surface area contributed by atoms with E-state index >= 15 is 0 Å². The zero-order valence-electron chi connectivity index (χ0n) is 30.1. The molecule has 2 aromatic heterocycles. The Hall–Kier alpha value is -6.66. The lowest BCUT2D eigenvalue weighted by molar-refractivity contribution is -0.214. The third-order valence-corrected chi connectivity index (χ3v) is 12.1. The maximum Gasteiger partial charge on any atom is 0.164 e. The van der Waals surface area contributed by atoms with E-state index in [0.717, 1.165) is 74.1 Å². The van der Waals surface area contributed by atoms with Crippen LogP contribution in [0.5, 0.6) is 0 Å². The Bertz CT molecular complexity index is 2650. The molecule has 262 valence electrons. The van der Waals surface area contributed by atoms with Gasteiger partial charge in [0.1, 0.15) is 0 Å². The van der Waals surface area contributed by atoms with Crippen LogP contribution in [0.15, 0.2) is 164 Å². The molecule has 0 amide bonds. The van der Waals surface area contributed by atoms with Gasteiger partial charge in [0.05, 0.1) is 0 Å². The lowest BCUT2D eigenvalue weighted by atomic mass is 9.31. The van der Waals surface area contributed by atoms with E-state index in [9.17, 15) is 0 Å². The van der Waals surface area contributed by atoms with E-state index in [4.69, 9.17) is 29.9 Å². The fraction of sp³-hybridized carbons (Fsp3) is 0.143. The van der Waals surface area contributed by atoms with Gasteiger partial charge in [0.25, 0.3) is 0 Å². The molecular weight excluding hydrogens is 673 g/mol. The molecule has 0 bridgehead atoms. The summed E-state index contributed by atoms with van der Waals surface area (Å²) < 4.78 is 0. The number of hydrogen-bond donors (Lipinski definition) is 0. The van der Waals surface area contributed by atoms with Crippen molar-refractivity contribution in [3.05, 3.63) is 169 Å². The first-order valence-corrected chi connectivity index (χ1v) is 19.2. The minimum absolute atomic E-state index is 0.594. The summed E-state index contributed by atoms with van der Waals surface area (Å²) in [6.45, 7) is 0. The molecule has 0 spiro atoms. The SMILES string of the molecule is c1ccc(-c2nc(-c3ccc(-c4nc(-c5ccccc5)nc(-c5ccccc5-c5ccccc5)n4)cc3)nc(-c3ccc(C4C5CC6CC4C65)cc3)n2)cc1. The lowest BCUT2D eigenvalue weighted by Gasteiger charge is -2.73. The van der Waals surface area contributed by atoms with Crippen LogP contribution in [-0.2, 0) is 0 Å². The smallest absolute Gasteiger partial charge is 0.164 e. The van der Waals surface area contributed by atoms with Crippen molar-refractivity contribution in [1.82, 2.24) is 29.9 Å². The monoisotopic (exact) mass is 708 g/mol. The topological polar surface area (TPSA) is 77.3 Å².